The molecule has 0 N–H and O–H groups in total. The molecule has 0 aliphatic carbocycles. The zero-order valence-corrected chi connectivity index (χ0v) is 7.31. The molecule has 2 rings (SSSR count). The molecule has 0 saturated heterocycles. The average Bonchev–Trinajstić information content (AvgIpc) is 2.19. The van der Waals surface area contributed by atoms with Gasteiger partial charge in [0.15, 0.2) is 0 Å². The highest BCUT2D eigenvalue weighted by Gasteiger charge is 1.98. The Morgan fingerprint density at radius 2 is 2.15 bits per heavy atom. The molecular formula is C10H9N3. The molecule has 2 heterocycles. The first-order chi connectivity index (χ1) is 6.36. The number of hydrogen-bond donors (Lipinski definition) is 0. The molecule has 0 radical (unpaired) electrons. The molecule has 0 saturated carbocycles. The predicted molar refractivity (Wildman–Crippen MR) is 50.0 cm³/mol. The molecule has 0 atom stereocenters. The molecule has 0 aliphatic rings. The van der Waals surface area contributed by atoms with Crippen LogP contribution in [0.25, 0.3) is 11.3 Å². The van der Waals surface area contributed by atoms with E-state index in [-0.39, 0.29) is 0 Å². The van der Waals surface area contributed by atoms with Crippen molar-refractivity contribution in [3.8, 4) is 11.3 Å². The van der Waals surface area contributed by atoms with Crippen molar-refractivity contribution in [1.82, 2.24) is 15.2 Å². The third-order valence-corrected chi connectivity index (χ3v) is 1.74. The molecule has 0 aliphatic heterocycles. The van der Waals surface area contributed by atoms with E-state index in [9.17, 15) is 0 Å². The Morgan fingerprint density at radius 3 is 2.85 bits per heavy atom. The minimum atomic E-state index is 0.860. The summed E-state index contributed by atoms with van der Waals surface area (Å²) >= 11 is 0. The highest BCUT2D eigenvalue weighted by atomic mass is 15.1. The maximum atomic E-state index is 4.09. The maximum absolute atomic E-state index is 4.09. The molecule has 0 spiro atoms. The van der Waals surface area contributed by atoms with Crippen molar-refractivity contribution in [3.05, 3.63) is 42.4 Å². The van der Waals surface area contributed by atoms with Gasteiger partial charge in [0.1, 0.15) is 0 Å². The van der Waals surface area contributed by atoms with E-state index < -0.39 is 0 Å². The topological polar surface area (TPSA) is 38.7 Å². The predicted octanol–water partition coefficient (Wildman–Crippen LogP) is 1.85. The first-order valence-corrected chi connectivity index (χ1v) is 4.06. The molecule has 0 amide bonds. The monoisotopic (exact) mass is 171 g/mol. The molecular weight excluding hydrogens is 162 g/mol. The van der Waals surface area contributed by atoms with Gasteiger partial charge in [0, 0.05) is 24.2 Å². The summed E-state index contributed by atoms with van der Waals surface area (Å²) in [7, 11) is 0. The van der Waals surface area contributed by atoms with Crippen molar-refractivity contribution in [1.29, 1.82) is 0 Å². The lowest BCUT2D eigenvalue weighted by Crippen LogP contribution is -1.87. The number of hydrogen-bond acceptors (Lipinski definition) is 3. The van der Waals surface area contributed by atoms with Gasteiger partial charge in [-0.2, -0.15) is 10.2 Å². The van der Waals surface area contributed by atoms with Crippen LogP contribution in [0.5, 0.6) is 0 Å². The maximum Gasteiger partial charge on any atom is 0.0945 e. The van der Waals surface area contributed by atoms with E-state index in [1.54, 1.807) is 12.4 Å². The molecule has 64 valence electrons. The van der Waals surface area contributed by atoms with Crippen LogP contribution >= 0.6 is 0 Å². The molecule has 0 unspecified atom stereocenters. The van der Waals surface area contributed by atoms with Crippen LogP contribution in [0.3, 0.4) is 0 Å². The van der Waals surface area contributed by atoms with Crippen LogP contribution in [0, 0.1) is 6.92 Å². The van der Waals surface area contributed by atoms with Gasteiger partial charge in [-0.25, -0.2) is 0 Å². The average molecular weight is 171 g/mol. The van der Waals surface area contributed by atoms with Crippen molar-refractivity contribution in [3.63, 3.8) is 0 Å². The van der Waals surface area contributed by atoms with Crippen molar-refractivity contribution in [2.45, 2.75) is 6.92 Å². The van der Waals surface area contributed by atoms with Gasteiger partial charge in [-0.1, -0.05) is 0 Å². The molecule has 3 nitrogen and oxygen atoms in total. The normalized spacial score (nSPS) is 9.92. The molecule has 0 fully saturated rings. The van der Waals surface area contributed by atoms with Crippen LogP contribution in [0.4, 0.5) is 0 Å². The molecule has 2 aromatic heterocycles. The van der Waals surface area contributed by atoms with Crippen LogP contribution in [0.15, 0.2) is 36.8 Å². The Kier molecular flexibility index (Phi) is 2.00. The van der Waals surface area contributed by atoms with E-state index in [4.69, 9.17) is 0 Å². The van der Waals surface area contributed by atoms with Crippen LogP contribution in [0.1, 0.15) is 5.56 Å². The van der Waals surface area contributed by atoms with Crippen molar-refractivity contribution < 1.29 is 0 Å². The second-order valence-corrected chi connectivity index (χ2v) is 2.86. The van der Waals surface area contributed by atoms with Crippen molar-refractivity contribution >= 4 is 0 Å². The fourth-order valence-electron chi connectivity index (χ4n) is 1.15. The second kappa shape index (κ2) is 3.31. The Hall–Kier alpha value is -1.77. The fourth-order valence-corrected chi connectivity index (χ4v) is 1.15. The lowest BCUT2D eigenvalue weighted by Gasteiger charge is -1.98. The number of aromatic nitrogens is 3. The number of aryl methyl sites for hydroxylation is 1. The Labute approximate surface area is 76.5 Å². The van der Waals surface area contributed by atoms with Gasteiger partial charge >= 0.3 is 0 Å². The minimum absolute atomic E-state index is 0.860. The lowest BCUT2D eigenvalue weighted by atomic mass is 10.1. The largest absolute Gasteiger partial charge is 0.264 e. The fraction of sp³-hybridized carbons (Fsp3) is 0.100. The number of nitrogens with zero attached hydrogens (tertiary/aromatic N) is 3. The summed E-state index contributed by atoms with van der Waals surface area (Å²) in [6, 6.07) is 5.82. The van der Waals surface area contributed by atoms with E-state index in [1.165, 1.54) is 0 Å². The van der Waals surface area contributed by atoms with Gasteiger partial charge in [-0.05, 0) is 30.7 Å². The van der Waals surface area contributed by atoms with Crippen LogP contribution in [-0.2, 0) is 0 Å². The van der Waals surface area contributed by atoms with Gasteiger partial charge in [0.25, 0.3) is 0 Å². The number of rotatable bonds is 1. The summed E-state index contributed by atoms with van der Waals surface area (Å²) < 4.78 is 0. The van der Waals surface area contributed by atoms with E-state index in [1.807, 2.05) is 31.3 Å². The highest BCUT2D eigenvalue weighted by Crippen LogP contribution is 2.14. The van der Waals surface area contributed by atoms with E-state index in [0.717, 1.165) is 16.8 Å². The zero-order valence-electron chi connectivity index (χ0n) is 7.31. The Morgan fingerprint density at radius 1 is 1.23 bits per heavy atom. The SMILES string of the molecule is Cc1cncc(-c2cccnn2)c1. The van der Waals surface area contributed by atoms with Crippen LogP contribution < -0.4 is 0 Å². The smallest absolute Gasteiger partial charge is 0.0945 e. The molecule has 2 aromatic rings. The summed E-state index contributed by atoms with van der Waals surface area (Å²) in [5.41, 5.74) is 3.00. The number of pyridine rings is 1. The zero-order chi connectivity index (χ0) is 9.10. The third kappa shape index (κ3) is 1.69. The van der Waals surface area contributed by atoms with Gasteiger partial charge in [0.05, 0.1) is 5.69 Å². The minimum Gasteiger partial charge on any atom is -0.264 e. The van der Waals surface area contributed by atoms with Crippen molar-refractivity contribution in [2.24, 2.45) is 0 Å². The van der Waals surface area contributed by atoms with E-state index in [2.05, 4.69) is 15.2 Å². The Bertz CT molecular complexity index is 398. The van der Waals surface area contributed by atoms with Gasteiger partial charge in [-0.15, -0.1) is 0 Å². The summed E-state index contributed by atoms with van der Waals surface area (Å²) in [4.78, 5) is 4.09. The quantitative estimate of drug-likeness (QED) is 0.657. The summed E-state index contributed by atoms with van der Waals surface area (Å²) in [5.74, 6) is 0. The van der Waals surface area contributed by atoms with Crippen LogP contribution in [0.2, 0.25) is 0 Å². The van der Waals surface area contributed by atoms with Crippen LogP contribution in [-0.4, -0.2) is 15.2 Å². The van der Waals surface area contributed by atoms with Gasteiger partial charge in [-0.3, -0.25) is 4.98 Å². The van der Waals surface area contributed by atoms with Crippen molar-refractivity contribution in [2.75, 3.05) is 0 Å². The standard InChI is InChI=1S/C10H9N3/c1-8-5-9(7-11-6-8)10-3-2-4-12-13-10/h2-7H,1H3. The second-order valence-electron chi connectivity index (χ2n) is 2.86. The first kappa shape index (κ1) is 7.86. The Balaban J connectivity index is 2.48. The molecule has 13 heavy (non-hydrogen) atoms. The van der Waals surface area contributed by atoms with E-state index >= 15 is 0 Å². The molecule has 3 heteroatoms. The van der Waals surface area contributed by atoms with E-state index in [0.29, 0.717) is 0 Å². The molecule has 0 aromatic carbocycles. The summed E-state index contributed by atoms with van der Waals surface area (Å²) in [6.07, 6.45) is 5.27. The first-order valence-electron chi connectivity index (χ1n) is 4.06. The third-order valence-electron chi connectivity index (χ3n) is 1.74. The van der Waals surface area contributed by atoms with Gasteiger partial charge in [0.2, 0.25) is 0 Å². The lowest BCUT2D eigenvalue weighted by molar-refractivity contribution is 1.03. The summed E-state index contributed by atoms with van der Waals surface area (Å²) in [6.45, 7) is 2.01. The molecule has 0 bridgehead atoms. The van der Waals surface area contributed by atoms with Gasteiger partial charge < -0.3 is 0 Å². The summed E-state index contributed by atoms with van der Waals surface area (Å²) in [5, 5.41) is 7.81. The highest BCUT2D eigenvalue weighted by molar-refractivity contribution is 5.57.